The molecule has 2 aliphatic rings. The lowest BCUT2D eigenvalue weighted by atomic mass is 9.98. The number of hydrogen-bond donors (Lipinski definition) is 2. The first-order valence-electron chi connectivity index (χ1n) is 9.71. The summed E-state index contributed by atoms with van der Waals surface area (Å²) >= 11 is 0. The van der Waals surface area contributed by atoms with Crippen LogP contribution in [0.3, 0.4) is 0 Å². The first-order chi connectivity index (χ1) is 14.1. The molecule has 0 aromatic heterocycles. The van der Waals surface area contributed by atoms with Crippen LogP contribution in [0.15, 0.2) is 48.5 Å². The van der Waals surface area contributed by atoms with E-state index in [1.807, 2.05) is 36.4 Å². The van der Waals surface area contributed by atoms with E-state index in [1.54, 1.807) is 0 Å². The quantitative estimate of drug-likeness (QED) is 0.746. The van der Waals surface area contributed by atoms with Crippen LogP contribution >= 0.6 is 0 Å². The van der Waals surface area contributed by atoms with Crippen molar-refractivity contribution in [3.63, 3.8) is 0 Å². The highest BCUT2D eigenvalue weighted by molar-refractivity contribution is 5.81. The van der Waals surface area contributed by atoms with E-state index in [2.05, 4.69) is 17.4 Å². The molecule has 1 heterocycles. The number of ether oxygens (including phenoxy) is 3. The molecule has 7 nitrogen and oxygen atoms in total. The van der Waals surface area contributed by atoms with Gasteiger partial charge in [0.2, 0.25) is 0 Å². The number of aliphatic carboxylic acids is 1. The molecule has 0 saturated carbocycles. The molecule has 0 spiro atoms. The minimum Gasteiger partial charge on any atom is -0.480 e. The van der Waals surface area contributed by atoms with Crippen molar-refractivity contribution < 1.29 is 28.9 Å². The Bertz CT molecular complexity index is 847. The molecule has 0 radical (unpaired) electrons. The highest BCUT2D eigenvalue weighted by Crippen LogP contribution is 2.44. The average Bonchev–Trinajstić information content (AvgIpc) is 3.35. The van der Waals surface area contributed by atoms with Crippen molar-refractivity contribution in [2.24, 2.45) is 0 Å². The molecule has 29 heavy (non-hydrogen) atoms. The van der Waals surface area contributed by atoms with Crippen LogP contribution in [-0.4, -0.2) is 49.3 Å². The first kappa shape index (κ1) is 19.4. The fraction of sp³-hybridized carbons (Fsp3) is 0.364. The number of rotatable bonds is 7. The normalized spacial score (nSPS) is 16.8. The highest BCUT2D eigenvalue weighted by atomic mass is 16.7. The Morgan fingerprint density at radius 2 is 1.62 bits per heavy atom. The van der Waals surface area contributed by atoms with E-state index < -0.39 is 24.4 Å². The van der Waals surface area contributed by atoms with Gasteiger partial charge in [0.25, 0.3) is 0 Å². The third-order valence-electron chi connectivity index (χ3n) is 5.32. The largest absolute Gasteiger partial charge is 0.480 e. The van der Waals surface area contributed by atoms with Crippen molar-refractivity contribution in [1.29, 1.82) is 0 Å². The van der Waals surface area contributed by atoms with Crippen LogP contribution < -0.4 is 5.32 Å². The Hall–Kier alpha value is -2.90. The lowest BCUT2D eigenvalue weighted by Gasteiger charge is -2.18. The molecule has 2 N–H and O–H groups in total. The third kappa shape index (κ3) is 4.26. The average molecular weight is 397 g/mol. The lowest BCUT2D eigenvalue weighted by molar-refractivity contribution is -0.140. The number of fused-ring (bicyclic) bond motifs is 3. The fourth-order valence-corrected chi connectivity index (χ4v) is 3.92. The van der Waals surface area contributed by atoms with Crippen LogP contribution in [0.25, 0.3) is 11.1 Å². The van der Waals surface area contributed by atoms with Crippen LogP contribution in [0, 0.1) is 0 Å². The summed E-state index contributed by atoms with van der Waals surface area (Å²) in [6, 6.07) is 15.0. The maximum absolute atomic E-state index is 12.3. The van der Waals surface area contributed by atoms with Crippen molar-refractivity contribution in [1.82, 2.24) is 5.32 Å². The second-order valence-electron chi connectivity index (χ2n) is 7.11. The van der Waals surface area contributed by atoms with Crippen LogP contribution in [0.5, 0.6) is 0 Å². The number of alkyl carbamates (subject to hydrolysis) is 1. The summed E-state index contributed by atoms with van der Waals surface area (Å²) in [6.07, 6.45) is -0.571. The molecule has 1 amide bonds. The first-order valence-corrected chi connectivity index (χ1v) is 9.71. The second-order valence-corrected chi connectivity index (χ2v) is 7.11. The Balaban J connectivity index is 1.37. The molecule has 1 aliphatic heterocycles. The number of benzene rings is 2. The van der Waals surface area contributed by atoms with Gasteiger partial charge in [-0.25, -0.2) is 9.59 Å². The van der Waals surface area contributed by atoms with Gasteiger partial charge in [0.05, 0.1) is 13.2 Å². The maximum Gasteiger partial charge on any atom is 0.407 e. The molecule has 0 unspecified atom stereocenters. The number of amides is 1. The second kappa shape index (κ2) is 8.63. The van der Waals surface area contributed by atoms with E-state index in [0.717, 1.165) is 22.3 Å². The van der Waals surface area contributed by atoms with Gasteiger partial charge in [-0.3, -0.25) is 0 Å². The van der Waals surface area contributed by atoms with Crippen LogP contribution in [0.1, 0.15) is 29.9 Å². The van der Waals surface area contributed by atoms with E-state index in [-0.39, 0.29) is 18.9 Å². The number of carbonyl (C=O) groups excluding carboxylic acids is 1. The summed E-state index contributed by atoms with van der Waals surface area (Å²) in [6.45, 7) is 1.14. The van der Waals surface area contributed by atoms with Gasteiger partial charge in [0, 0.05) is 12.3 Å². The molecule has 0 bridgehead atoms. The van der Waals surface area contributed by atoms with Gasteiger partial charge in [-0.1, -0.05) is 48.5 Å². The molecule has 1 saturated heterocycles. The number of carboxylic acids is 1. The third-order valence-corrected chi connectivity index (χ3v) is 5.32. The molecule has 1 aliphatic carbocycles. The van der Waals surface area contributed by atoms with E-state index in [0.29, 0.717) is 19.6 Å². The minimum atomic E-state index is -1.11. The van der Waals surface area contributed by atoms with Gasteiger partial charge in [0.1, 0.15) is 12.6 Å². The zero-order chi connectivity index (χ0) is 20.2. The van der Waals surface area contributed by atoms with Gasteiger partial charge < -0.3 is 24.6 Å². The van der Waals surface area contributed by atoms with Crippen LogP contribution in [0.4, 0.5) is 4.79 Å². The summed E-state index contributed by atoms with van der Waals surface area (Å²) in [5, 5.41) is 11.8. The SMILES string of the molecule is O=C(N[C@@H](CCC1OCCO1)C(=O)O)OCC1c2ccccc2-c2ccccc21. The Morgan fingerprint density at radius 3 is 2.21 bits per heavy atom. The van der Waals surface area contributed by atoms with E-state index >= 15 is 0 Å². The molecule has 152 valence electrons. The topological polar surface area (TPSA) is 94.1 Å². The molecule has 4 rings (SSSR count). The summed E-state index contributed by atoms with van der Waals surface area (Å²) in [4.78, 5) is 23.8. The highest BCUT2D eigenvalue weighted by Gasteiger charge is 2.30. The predicted octanol–water partition coefficient (Wildman–Crippen LogP) is 3.13. The Labute approximate surface area is 168 Å². The van der Waals surface area contributed by atoms with E-state index in [9.17, 15) is 14.7 Å². The number of nitrogens with one attached hydrogen (secondary N) is 1. The van der Waals surface area contributed by atoms with Crippen molar-refractivity contribution in [3.8, 4) is 11.1 Å². The maximum atomic E-state index is 12.3. The van der Waals surface area contributed by atoms with E-state index in [4.69, 9.17) is 14.2 Å². The summed E-state index contributed by atoms with van der Waals surface area (Å²) in [7, 11) is 0. The van der Waals surface area contributed by atoms with Crippen molar-refractivity contribution in [3.05, 3.63) is 59.7 Å². The molecule has 2 aromatic rings. The van der Waals surface area contributed by atoms with Crippen LogP contribution in [-0.2, 0) is 19.0 Å². The fourth-order valence-electron chi connectivity index (χ4n) is 3.92. The standard InChI is InChI=1S/C22H23NO6/c24-21(25)19(9-10-20-27-11-12-28-20)23-22(26)29-13-18-16-7-3-1-5-14(16)15-6-2-4-8-17(15)18/h1-8,18-20H,9-13H2,(H,23,26)(H,24,25)/t19-/m0/s1. The molecule has 1 fully saturated rings. The van der Waals surface area contributed by atoms with Gasteiger partial charge in [-0.2, -0.15) is 0 Å². The predicted molar refractivity (Wildman–Crippen MR) is 105 cm³/mol. The number of hydrogen-bond acceptors (Lipinski definition) is 5. The molecular formula is C22H23NO6. The molecular weight excluding hydrogens is 374 g/mol. The van der Waals surface area contributed by atoms with Gasteiger partial charge in [0.15, 0.2) is 6.29 Å². The van der Waals surface area contributed by atoms with Crippen molar-refractivity contribution in [2.75, 3.05) is 19.8 Å². The molecule has 7 heteroatoms. The molecule has 1 atom stereocenters. The van der Waals surface area contributed by atoms with Gasteiger partial charge >= 0.3 is 12.1 Å². The van der Waals surface area contributed by atoms with Crippen molar-refractivity contribution >= 4 is 12.1 Å². The zero-order valence-electron chi connectivity index (χ0n) is 15.9. The van der Waals surface area contributed by atoms with Crippen molar-refractivity contribution in [2.45, 2.75) is 31.1 Å². The minimum absolute atomic E-state index is 0.0725. The monoisotopic (exact) mass is 397 g/mol. The zero-order valence-corrected chi connectivity index (χ0v) is 15.9. The Morgan fingerprint density at radius 1 is 1.03 bits per heavy atom. The van der Waals surface area contributed by atoms with Gasteiger partial charge in [-0.15, -0.1) is 0 Å². The summed E-state index contributed by atoms with van der Waals surface area (Å²) in [5.74, 6) is -1.19. The van der Waals surface area contributed by atoms with Gasteiger partial charge in [-0.05, 0) is 28.7 Å². The smallest absolute Gasteiger partial charge is 0.407 e. The van der Waals surface area contributed by atoms with E-state index in [1.165, 1.54) is 0 Å². The summed E-state index contributed by atoms with van der Waals surface area (Å²) in [5.41, 5.74) is 4.48. The lowest BCUT2D eigenvalue weighted by Crippen LogP contribution is -2.42. The Kier molecular flexibility index (Phi) is 5.78. The number of carboxylic acid groups (broad SMARTS) is 1. The van der Waals surface area contributed by atoms with Crippen LogP contribution in [0.2, 0.25) is 0 Å². The summed E-state index contributed by atoms with van der Waals surface area (Å²) < 4.78 is 16.0. The molecule has 2 aromatic carbocycles. The number of carbonyl (C=O) groups is 2.